The first-order chi connectivity index (χ1) is 7.66. The molecule has 3 nitrogen and oxygen atoms in total. The standard InChI is InChI=1S/C12H14INO2/c13-9-5-7-4-8(12(9)16)10-2-1-3-11(15)14(10)6-7/h5,7-8,10H,1-4,6H2/t7-,8-,10-/m1/s1. The molecule has 0 aromatic carbocycles. The van der Waals surface area contributed by atoms with Gasteiger partial charge in [-0.3, -0.25) is 9.59 Å². The number of allylic oxidation sites excluding steroid dienone is 1. The molecule has 0 unspecified atom stereocenters. The van der Waals surface area contributed by atoms with Crippen LogP contribution in [-0.2, 0) is 9.59 Å². The maximum absolute atomic E-state index is 12.1. The molecule has 1 aliphatic carbocycles. The van der Waals surface area contributed by atoms with Gasteiger partial charge in [0.05, 0.1) is 3.58 Å². The van der Waals surface area contributed by atoms with E-state index in [0.717, 1.165) is 29.4 Å². The lowest BCUT2D eigenvalue weighted by Gasteiger charge is -2.47. The first-order valence-corrected chi connectivity index (χ1v) is 6.95. The molecule has 2 bridgehead atoms. The van der Waals surface area contributed by atoms with Crippen molar-refractivity contribution in [3.8, 4) is 0 Å². The summed E-state index contributed by atoms with van der Waals surface area (Å²) in [6, 6.07) is 0.198. The van der Waals surface area contributed by atoms with E-state index >= 15 is 0 Å². The number of hydrogen-bond donors (Lipinski definition) is 0. The van der Waals surface area contributed by atoms with Crippen LogP contribution < -0.4 is 0 Å². The predicted molar refractivity (Wildman–Crippen MR) is 68.1 cm³/mol. The molecule has 0 aromatic heterocycles. The molecule has 0 radical (unpaired) electrons. The van der Waals surface area contributed by atoms with Gasteiger partial charge >= 0.3 is 0 Å². The van der Waals surface area contributed by atoms with Crippen LogP contribution in [0, 0.1) is 11.8 Å². The zero-order valence-electron chi connectivity index (χ0n) is 8.99. The second kappa shape index (κ2) is 3.82. The number of carbonyl (C=O) groups excluding carboxylic acids is 2. The fourth-order valence-corrected chi connectivity index (χ4v) is 4.19. The Bertz CT molecular complexity index is 390. The van der Waals surface area contributed by atoms with Crippen LogP contribution >= 0.6 is 22.6 Å². The number of halogens is 1. The number of amides is 1. The molecule has 0 saturated carbocycles. The van der Waals surface area contributed by atoms with Gasteiger partial charge in [-0.1, -0.05) is 6.08 Å². The van der Waals surface area contributed by atoms with Crippen molar-refractivity contribution in [1.29, 1.82) is 0 Å². The van der Waals surface area contributed by atoms with Gasteiger partial charge < -0.3 is 4.90 Å². The minimum atomic E-state index is 0.0832. The number of nitrogens with zero attached hydrogens (tertiary/aromatic N) is 1. The normalized spacial score (nSPS) is 38.2. The molecule has 0 aromatic rings. The largest absolute Gasteiger partial charge is 0.338 e. The summed E-state index contributed by atoms with van der Waals surface area (Å²) in [6.07, 6.45) is 5.65. The second-order valence-corrected chi connectivity index (χ2v) is 6.15. The molecule has 3 atom stereocenters. The molecule has 0 N–H and O–H groups in total. The third kappa shape index (κ3) is 1.53. The molecular weight excluding hydrogens is 317 g/mol. The van der Waals surface area contributed by atoms with Crippen LogP contribution in [0.25, 0.3) is 0 Å². The lowest BCUT2D eigenvalue weighted by Crippen LogP contribution is -2.56. The Labute approximate surface area is 108 Å². The van der Waals surface area contributed by atoms with Crippen molar-refractivity contribution in [2.24, 2.45) is 11.8 Å². The van der Waals surface area contributed by atoms with Crippen LogP contribution in [0.3, 0.4) is 0 Å². The Hall–Kier alpha value is -0.390. The third-order valence-corrected chi connectivity index (χ3v) is 4.91. The highest BCUT2D eigenvalue weighted by Gasteiger charge is 2.45. The average molecular weight is 331 g/mol. The number of hydrogen-bond acceptors (Lipinski definition) is 2. The summed E-state index contributed by atoms with van der Waals surface area (Å²) in [5, 5.41) is 0. The maximum Gasteiger partial charge on any atom is 0.222 e. The van der Waals surface area contributed by atoms with E-state index < -0.39 is 0 Å². The zero-order valence-corrected chi connectivity index (χ0v) is 11.1. The monoisotopic (exact) mass is 331 g/mol. The number of Topliss-reactive ketones (excluding diaryl/α,β-unsaturated/α-hetero) is 1. The molecule has 86 valence electrons. The summed E-state index contributed by atoms with van der Waals surface area (Å²) < 4.78 is 0.886. The van der Waals surface area contributed by atoms with E-state index in [1.54, 1.807) is 0 Å². The van der Waals surface area contributed by atoms with Crippen LogP contribution in [0.15, 0.2) is 9.66 Å². The number of rotatable bonds is 0. The fraction of sp³-hybridized carbons (Fsp3) is 0.667. The number of carbonyl (C=O) groups is 2. The van der Waals surface area contributed by atoms with Gasteiger partial charge in [0.2, 0.25) is 5.91 Å². The summed E-state index contributed by atoms with van der Waals surface area (Å²) in [5.74, 6) is 1.01. The summed E-state index contributed by atoms with van der Waals surface area (Å²) in [5.41, 5.74) is 0. The van der Waals surface area contributed by atoms with E-state index in [1.807, 2.05) is 4.90 Å². The van der Waals surface area contributed by atoms with E-state index in [-0.39, 0.29) is 23.7 Å². The molecule has 3 rings (SSSR count). The topological polar surface area (TPSA) is 37.4 Å². The van der Waals surface area contributed by atoms with Crippen molar-refractivity contribution >= 4 is 34.3 Å². The van der Waals surface area contributed by atoms with Gasteiger partial charge in [-0.25, -0.2) is 0 Å². The van der Waals surface area contributed by atoms with E-state index in [1.165, 1.54) is 0 Å². The molecule has 2 fully saturated rings. The van der Waals surface area contributed by atoms with Gasteiger partial charge in [-0.2, -0.15) is 0 Å². The van der Waals surface area contributed by atoms with Gasteiger partial charge in [0.1, 0.15) is 0 Å². The number of piperidine rings is 2. The molecule has 16 heavy (non-hydrogen) atoms. The van der Waals surface area contributed by atoms with E-state index in [9.17, 15) is 9.59 Å². The Balaban J connectivity index is 1.96. The van der Waals surface area contributed by atoms with Crippen LogP contribution in [0.4, 0.5) is 0 Å². The van der Waals surface area contributed by atoms with Gasteiger partial charge in [-0.05, 0) is 47.8 Å². The van der Waals surface area contributed by atoms with Gasteiger partial charge in [0.25, 0.3) is 0 Å². The SMILES string of the molecule is O=C1C(I)=C[C@H]2C[C@@H]1[C@H]1CCCC(=O)N1C2. The Morgan fingerprint density at radius 2 is 2.19 bits per heavy atom. The minimum Gasteiger partial charge on any atom is -0.338 e. The van der Waals surface area contributed by atoms with Crippen LogP contribution in [-0.4, -0.2) is 29.2 Å². The fourth-order valence-electron chi connectivity index (χ4n) is 3.28. The van der Waals surface area contributed by atoms with E-state index in [2.05, 4.69) is 28.7 Å². The molecule has 2 aliphatic heterocycles. The Morgan fingerprint density at radius 1 is 1.38 bits per heavy atom. The van der Waals surface area contributed by atoms with Crippen LogP contribution in [0.5, 0.6) is 0 Å². The van der Waals surface area contributed by atoms with Crippen LogP contribution in [0.2, 0.25) is 0 Å². The maximum atomic E-state index is 12.1. The molecule has 4 heteroatoms. The molecule has 0 spiro atoms. The molecular formula is C12H14INO2. The van der Waals surface area contributed by atoms with Gasteiger partial charge in [-0.15, -0.1) is 0 Å². The smallest absolute Gasteiger partial charge is 0.222 e. The van der Waals surface area contributed by atoms with Gasteiger partial charge in [0, 0.05) is 24.9 Å². The quantitative estimate of drug-likeness (QED) is 0.636. The van der Waals surface area contributed by atoms with Crippen molar-refractivity contribution < 1.29 is 9.59 Å². The molecule has 3 aliphatic rings. The summed E-state index contributed by atoms with van der Waals surface area (Å²) in [7, 11) is 0. The Morgan fingerprint density at radius 3 is 3.00 bits per heavy atom. The average Bonchev–Trinajstić information content (AvgIpc) is 2.27. The molecule has 2 heterocycles. The summed E-state index contributed by atoms with van der Waals surface area (Å²) >= 11 is 2.15. The first-order valence-electron chi connectivity index (χ1n) is 5.88. The van der Waals surface area contributed by atoms with Gasteiger partial charge in [0.15, 0.2) is 5.78 Å². The highest BCUT2D eigenvalue weighted by Crippen LogP contribution is 2.40. The number of fused-ring (bicyclic) bond motifs is 4. The Kier molecular flexibility index (Phi) is 2.57. The number of ketones is 1. The first kappa shape index (κ1) is 10.7. The van der Waals surface area contributed by atoms with Crippen LogP contribution in [0.1, 0.15) is 25.7 Å². The zero-order chi connectivity index (χ0) is 11.3. The lowest BCUT2D eigenvalue weighted by molar-refractivity contribution is -0.144. The minimum absolute atomic E-state index is 0.0832. The van der Waals surface area contributed by atoms with E-state index in [0.29, 0.717) is 12.3 Å². The summed E-state index contributed by atoms with van der Waals surface area (Å²) in [4.78, 5) is 25.9. The lowest BCUT2D eigenvalue weighted by atomic mass is 9.74. The van der Waals surface area contributed by atoms with Crippen molar-refractivity contribution in [2.75, 3.05) is 6.54 Å². The highest BCUT2D eigenvalue weighted by molar-refractivity contribution is 14.1. The molecule has 1 amide bonds. The molecule has 2 saturated heterocycles. The van der Waals surface area contributed by atoms with Crippen molar-refractivity contribution in [1.82, 2.24) is 4.90 Å². The van der Waals surface area contributed by atoms with E-state index in [4.69, 9.17) is 0 Å². The van der Waals surface area contributed by atoms with Crippen molar-refractivity contribution in [2.45, 2.75) is 31.7 Å². The van der Waals surface area contributed by atoms with Crippen molar-refractivity contribution in [3.63, 3.8) is 0 Å². The highest BCUT2D eigenvalue weighted by atomic mass is 127. The predicted octanol–water partition coefficient (Wildman–Crippen LogP) is 1.91. The second-order valence-electron chi connectivity index (χ2n) is 4.99. The third-order valence-electron chi connectivity index (χ3n) is 4.02. The summed E-state index contributed by atoms with van der Waals surface area (Å²) in [6.45, 7) is 0.833. The van der Waals surface area contributed by atoms with Crippen molar-refractivity contribution in [3.05, 3.63) is 9.66 Å².